The molecule has 0 bridgehead atoms. The number of aromatic nitrogens is 2. The lowest BCUT2D eigenvalue weighted by molar-refractivity contribution is 0.0820. The van der Waals surface area contributed by atoms with Gasteiger partial charge in [-0.2, -0.15) is 0 Å². The SMILES string of the molecule is C[C@@H]1CN(c2cc(N3CCC[C@@H]3CO)ncn2)CCCO1. The average Bonchev–Trinajstić information content (AvgIpc) is 2.89. The van der Waals surface area contributed by atoms with Gasteiger partial charge in [-0.3, -0.25) is 0 Å². The quantitative estimate of drug-likeness (QED) is 0.898. The smallest absolute Gasteiger partial charge is 0.134 e. The molecular formula is C15H24N4O2. The van der Waals surface area contributed by atoms with Crippen molar-refractivity contribution in [3.63, 3.8) is 0 Å². The minimum Gasteiger partial charge on any atom is -0.394 e. The molecule has 2 aliphatic rings. The molecule has 3 heterocycles. The maximum absolute atomic E-state index is 9.48. The predicted octanol–water partition coefficient (Wildman–Crippen LogP) is 1.05. The second-order valence-corrected chi connectivity index (χ2v) is 5.89. The van der Waals surface area contributed by atoms with Gasteiger partial charge in [-0.25, -0.2) is 9.97 Å². The monoisotopic (exact) mass is 292 g/mol. The van der Waals surface area contributed by atoms with Crippen molar-refractivity contribution in [3.8, 4) is 0 Å². The van der Waals surface area contributed by atoms with Crippen molar-refractivity contribution in [1.29, 1.82) is 0 Å². The van der Waals surface area contributed by atoms with Crippen molar-refractivity contribution in [3.05, 3.63) is 12.4 Å². The van der Waals surface area contributed by atoms with Gasteiger partial charge < -0.3 is 19.6 Å². The Morgan fingerprint density at radius 1 is 1.29 bits per heavy atom. The number of aliphatic hydroxyl groups is 1. The molecule has 116 valence electrons. The van der Waals surface area contributed by atoms with Gasteiger partial charge in [0.15, 0.2) is 0 Å². The number of ether oxygens (including phenoxy) is 1. The van der Waals surface area contributed by atoms with Crippen molar-refractivity contribution in [2.24, 2.45) is 0 Å². The Morgan fingerprint density at radius 3 is 3.00 bits per heavy atom. The van der Waals surface area contributed by atoms with Crippen LogP contribution in [0.25, 0.3) is 0 Å². The highest BCUT2D eigenvalue weighted by Gasteiger charge is 2.26. The molecule has 0 aromatic carbocycles. The summed E-state index contributed by atoms with van der Waals surface area (Å²) in [6.07, 6.45) is 5.02. The molecule has 6 heteroatoms. The van der Waals surface area contributed by atoms with Crippen LogP contribution in [-0.2, 0) is 4.74 Å². The Balaban J connectivity index is 1.79. The second kappa shape index (κ2) is 6.58. The van der Waals surface area contributed by atoms with E-state index in [9.17, 15) is 5.11 Å². The minimum absolute atomic E-state index is 0.188. The summed E-state index contributed by atoms with van der Waals surface area (Å²) in [7, 11) is 0. The van der Waals surface area contributed by atoms with E-state index in [1.54, 1.807) is 6.33 Å². The van der Waals surface area contributed by atoms with Crippen LogP contribution in [0.1, 0.15) is 26.2 Å². The molecule has 0 spiro atoms. The maximum atomic E-state index is 9.48. The van der Waals surface area contributed by atoms with Gasteiger partial charge in [0.2, 0.25) is 0 Å². The predicted molar refractivity (Wildman–Crippen MR) is 81.7 cm³/mol. The third-order valence-electron chi connectivity index (χ3n) is 4.30. The molecule has 0 aliphatic carbocycles. The van der Waals surface area contributed by atoms with E-state index in [-0.39, 0.29) is 18.8 Å². The Bertz CT molecular complexity index is 471. The fourth-order valence-electron chi connectivity index (χ4n) is 3.20. The van der Waals surface area contributed by atoms with Gasteiger partial charge in [0.25, 0.3) is 0 Å². The number of rotatable bonds is 3. The lowest BCUT2D eigenvalue weighted by atomic mass is 10.2. The zero-order chi connectivity index (χ0) is 14.7. The van der Waals surface area contributed by atoms with Crippen LogP contribution < -0.4 is 9.80 Å². The molecule has 0 amide bonds. The number of nitrogens with zero attached hydrogens (tertiary/aromatic N) is 4. The minimum atomic E-state index is 0.188. The Hall–Kier alpha value is -1.40. The summed E-state index contributed by atoms with van der Waals surface area (Å²) in [5.74, 6) is 1.88. The highest BCUT2D eigenvalue weighted by atomic mass is 16.5. The fourth-order valence-corrected chi connectivity index (χ4v) is 3.20. The Labute approximate surface area is 125 Å². The van der Waals surface area contributed by atoms with Gasteiger partial charge in [0.05, 0.1) is 18.8 Å². The summed E-state index contributed by atoms with van der Waals surface area (Å²) in [6.45, 7) is 5.89. The van der Waals surface area contributed by atoms with Gasteiger partial charge in [0.1, 0.15) is 18.0 Å². The molecule has 2 saturated heterocycles. The molecule has 0 saturated carbocycles. The first kappa shape index (κ1) is 14.5. The van der Waals surface area contributed by atoms with Crippen LogP contribution in [0.5, 0.6) is 0 Å². The third kappa shape index (κ3) is 3.27. The van der Waals surface area contributed by atoms with Crippen molar-refractivity contribution < 1.29 is 9.84 Å². The molecule has 0 unspecified atom stereocenters. The standard InChI is InChI=1S/C15H24N4O2/c1-12-9-18(5-3-7-21-12)14-8-15(17-11-16-14)19-6-2-4-13(19)10-20/h8,11-13,20H,2-7,9-10H2,1H3/t12-,13-/m1/s1. The Morgan fingerprint density at radius 2 is 2.14 bits per heavy atom. The molecule has 2 aliphatic heterocycles. The molecule has 21 heavy (non-hydrogen) atoms. The van der Waals surface area contributed by atoms with Crippen LogP contribution in [0, 0.1) is 0 Å². The highest BCUT2D eigenvalue weighted by molar-refractivity contribution is 5.51. The van der Waals surface area contributed by atoms with Crippen LogP contribution in [0.15, 0.2) is 12.4 Å². The van der Waals surface area contributed by atoms with Crippen LogP contribution in [0.4, 0.5) is 11.6 Å². The molecule has 3 rings (SSSR count). The van der Waals surface area contributed by atoms with E-state index in [4.69, 9.17) is 4.74 Å². The average molecular weight is 292 g/mol. The van der Waals surface area contributed by atoms with E-state index >= 15 is 0 Å². The molecule has 0 radical (unpaired) electrons. The molecule has 1 aromatic heterocycles. The lowest BCUT2D eigenvalue weighted by Gasteiger charge is -2.27. The van der Waals surface area contributed by atoms with E-state index < -0.39 is 0 Å². The second-order valence-electron chi connectivity index (χ2n) is 5.89. The van der Waals surface area contributed by atoms with Gasteiger partial charge in [-0.1, -0.05) is 0 Å². The summed E-state index contributed by atoms with van der Waals surface area (Å²) in [5, 5.41) is 9.48. The largest absolute Gasteiger partial charge is 0.394 e. The van der Waals surface area contributed by atoms with Gasteiger partial charge in [-0.15, -0.1) is 0 Å². The first-order valence-corrected chi connectivity index (χ1v) is 7.84. The zero-order valence-corrected chi connectivity index (χ0v) is 12.6. The summed E-state index contributed by atoms with van der Waals surface area (Å²) in [6, 6.07) is 2.24. The van der Waals surface area contributed by atoms with E-state index in [1.807, 2.05) is 6.07 Å². The van der Waals surface area contributed by atoms with Crippen molar-refractivity contribution >= 4 is 11.6 Å². The van der Waals surface area contributed by atoms with E-state index in [0.717, 1.165) is 57.1 Å². The highest BCUT2D eigenvalue weighted by Crippen LogP contribution is 2.26. The van der Waals surface area contributed by atoms with Crippen molar-refractivity contribution in [2.45, 2.75) is 38.3 Å². The summed E-state index contributed by atoms with van der Waals surface area (Å²) >= 11 is 0. The normalized spacial score (nSPS) is 27.0. The van der Waals surface area contributed by atoms with Gasteiger partial charge in [-0.05, 0) is 26.2 Å². The third-order valence-corrected chi connectivity index (χ3v) is 4.30. The van der Waals surface area contributed by atoms with Crippen LogP contribution >= 0.6 is 0 Å². The summed E-state index contributed by atoms with van der Waals surface area (Å²) < 4.78 is 5.69. The zero-order valence-electron chi connectivity index (χ0n) is 12.6. The fraction of sp³-hybridized carbons (Fsp3) is 0.733. The van der Waals surface area contributed by atoms with Gasteiger partial charge >= 0.3 is 0 Å². The van der Waals surface area contributed by atoms with Crippen LogP contribution in [0.2, 0.25) is 0 Å². The first-order chi connectivity index (χ1) is 10.3. The molecule has 1 N–H and O–H groups in total. The number of aliphatic hydroxyl groups excluding tert-OH is 1. The summed E-state index contributed by atoms with van der Waals surface area (Å²) in [4.78, 5) is 13.3. The summed E-state index contributed by atoms with van der Waals surface area (Å²) in [5.41, 5.74) is 0. The van der Waals surface area contributed by atoms with E-state index in [2.05, 4.69) is 26.7 Å². The van der Waals surface area contributed by atoms with Crippen LogP contribution in [-0.4, -0.2) is 60.1 Å². The molecular weight excluding hydrogens is 268 g/mol. The van der Waals surface area contributed by atoms with E-state index in [0.29, 0.717) is 0 Å². The molecule has 2 fully saturated rings. The lowest BCUT2D eigenvalue weighted by Crippen LogP contribution is -2.34. The number of hydrogen-bond donors (Lipinski definition) is 1. The maximum Gasteiger partial charge on any atom is 0.134 e. The van der Waals surface area contributed by atoms with Crippen LogP contribution in [0.3, 0.4) is 0 Å². The van der Waals surface area contributed by atoms with Crippen molar-refractivity contribution in [2.75, 3.05) is 42.6 Å². The van der Waals surface area contributed by atoms with Gasteiger partial charge in [0, 0.05) is 32.3 Å². The first-order valence-electron chi connectivity index (χ1n) is 7.84. The molecule has 1 aromatic rings. The molecule has 6 nitrogen and oxygen atoms in total. The Kier molecular flexibility index (Phi) is 4.55. The van der Waals surface area contributed by atoms with E-state index in [1.165, 1.54) is 0 Å². The number of hydrogen-bond acceptors (Lipinski definition) is 6. The topological polar surface area (TPSA) is 61.7 Å². The van der Waals surface area contributed by atoms with Crippen molar-refractivity contribution in [1.82, 2.24) is 9.97 Å². The molecule has 2 atom stereocenters. The number of anilines is 2.